The van der Waals surface area contributed by atoms with Crippen molar-refractivity contribution in [2.24, 2.45) is 11.3 Å². The average molecular weight is 535 g/mol. The molecule has 0 bridgehead atoms. The van der Waals surface area contributed by atoms with Gasteiger partial charge in [0.05, 0.1) is 17.6 Å². The monoisotopic (exact) mass is 534 g/mol. The normalized spacial score (nSPS) is 20.6. The van der Waals surface area contributed by atoms with Crippen LogP contribution in [0.2, 0.25) is 0 Å². The van der Waals surface area contributed by atoms with Crippen LogP contribution in [0.25, 0.3) is 0 Å². The van der Waals surface area contributed by atoms with E-state index >= 15 is 0 Å². The van der Waals surface area contributed by atoms with E-state index in [9.17, 15) is 23.7 Å². The highest BCUT2D eigenvalue weighted by Gasteiger charge is 2.36. The molecule has 1 aromatic rings. The lowest BCUT2D eigenvalue weighted by Crippen LogP contribution is -2.39. The van der Waals surface area contributed by atoms with E-state index < -0.39 is 43.3 Å². The number of carbonyl (C=O) groups excluding carboxylic acids is 2. The molecule has 35 heavy (non-hydrogen) atoms. The molecule has 1 aliphatic rings. The number of aromatic nitrogens is 2. The van der Waals surface area contributed by atoms with Crippen molar-refractivity contribution in [1.29, 1.82) is 0 Å². The van der Waals surface area contributed by atoms with Crippen LogP contribution in [-0.2, 0) is 27.9 Å². The van der Waals surface area contributed by atoms with Gasteiger partial charge in [-0.25, -0.2) is 9.59 Å². The summed E-state index contributed by atoms with van der Waals surface area (Å²) in [6, 6.07) is 1.24. The zero-order valence-electron chi connectivity index (χ0n) is 20.5. The van der Waals surface area contributed by atoms with Crippen LogP contribution in [0.3, 0.4) is 0 Å². The summed E-state index contributed by atoms with van der Waals surface area (Å²) >= 11 is 1.01. The number of carbonyl (C=O) groups is 2. The Labute approximate surface area is 208 Å². The molecule has 0 spiro atoms. The fourth-order valence-electron chi connectivity index (χ4n) is 3.24. The van der Waals surface area contributed by atoms with Crippen molar-refractivity contribution in [2.75, 3.05) is 25.5 Å². The first-order valence-corrected chi connectivity index (χ1v) is 13.3. The van der Waals surface area contributed by atoms with Crippen LogP contribution < -0.4 is 16.6 Å². The van der Waals surface area contributed by atoms with Gasteiger partial charge in [-0.1, -0.05) is 32.5 Å². The first kappa shape index (κ1) is 29.2. The highest BCUT2D eigenvalue weighted by Crippen LogP contribution is 2.35. The van der Waals surface area contributed by atoms with Gasteiger partial charge in [-0.05, 0) is 20.3 Å². The van der Waals surface area contributed by atoms with Crippen molar-refractivity contribution in [3.63, 3.8) is 0 Å². The number of rotatable bonds is 12. The summed E-state index contributed by atoms with van der Waals surface area (Å²) in [4.78, 5) is 49.4. The number of nitrogens with zero attached hydrogens (tertiary/aromatic N) is 1. The van der Waals surface area contributed by atoms with Crippen LogP contribution in [-0.4, -0.2) is 58.5 Å². The van der Waals surface area contributed by atoms with E-state index in [0.717, 1.165) is 11.8 Å². The number of H-pyrrole nitrogens is 1. The molecule has 1 fully saturated rings. The Morgan fingerprint density at radius 2 is 2.06 bits per heavy atom. The molecule has 2 N–H and O–H groups in total. The molecule has 4 unspecified atom stereocenters. The minimum atomic E-state index is -2.42. The van der Waals surface area contributed by atoms with Gasteiger partial charge < -0.3 is 14.8 Å². The van der Waals surface area contributed by atoms with Crippen molar-refractivity contribution in [3.8, 4) is 0 Å². The van der Waals surface area contributed by atoms with Gasteiger partial charge in [0.2, 0.25) is 0 Å². The third-order valence-corrected chi connectivity index (χ3v) is 6.97. The molecule has 1 amide bonds. The summed E-state index contributed by atoms with van der Waals surface area (Å²) < 4.78 is 34.5. The molecule has 2 rings (SSSR count). The van der Waals surface area contributed by atoms with Gasteiger partial charge in [0.1, 0.15) is 19.4 Å². The highest BCUT2D eigenvalue weighted by molar-refractivity contribution is 8.13. The summed E-state index contributed by atoms with van der Waals surface area (Å²) in [6.45, 7) is 8.93. The minimum absolute atomic E-state index is 0.00536. The molecule has 0 radical (unpaired) electrons. The molecule has 1 aliphatic heterocycles. The molecule has 1 aromatic heterocycles. The third kappa shape index (κ3) is 9.49. The average Bonchev–Trinajstić information content (AvgIpc) is 3.13. The smallest absolute Gasteiger partial charge is 0.447 e. The number of hydrogen-bond donors (Lipinski definition) is 2. The number of nitrogens with one attached hydrogen (secondary N) is 2. The number of alkyl carbamates (subject to hydrolysis) is 1. The second kappa shape index (κ2) is 13.3. The molecule has 1 saturated heterocycles. The lowest BCUT2D eigenvalue weighted by Gasteiger charge is -2.22. The lowest BCUT2D eigenvalue weighted by molar-refractivity contribution is -0.117. The Hall–Kier alpha value is -2.05. The lowest BCUT2D eigenvalue weighted by atomic mass is 9.96. The maximum absolute atomic E-state index is 12.4. The van der Waals surface area contributed by atoms with Crippen molar-refractivity contribution in [1.82, 2.24) is 14.9 Å². The third-order valence-electron chi connectivity index (χ3n) is 5.03. The first-order chi connectivity index (χ1) is 16.4. The van der Waals surface area contributed by atoms with Gasteiger partial charge in [-0.2, -0.15) is 0 Å². The second-order valence-electron chi connectivity index (χ2n) is 9.06. The Bertz CT molecular complexity index is 1010. The maximum atomic E-state index is 12.4. The molecule has 196 valence electrons. The van der Waals surface area contributed by atoms with Crippen molar-refractivity contribution >= 4 is 31.2 Å². The van der Waals surface area contributed by atoms with Crippen LogP contribution in [0.1, 0.15) is 47.3 Å². The maximum Gasteiger partial charge on any atom is 0.697 e. The Kier molecular flexibility index (Phi) is 11.1. The standard InChI is InChI=1S/C21H32N3O9PS/c1-13(2)32-20(28)22-12-21(4,5)18(26)35-9-8-30-34(29)31-11-15-10-14(3)17(33-15)24-7-6-16(25)23-19(24)27/h6-7,13-15,17H,8-12H2,1-5H3,(H-,22,23,25,27,28)/p+1. The summed E-state index contributed by atoms with van der Waals surface area (Å²) in [6.07, 6.45) is 0.138. The molecule has 0 saturated carbocycles. The summed E-state index contributed by atoms with van der Waals surface area (Å²) in [7, 11) is -2.42. The van der Waals surface area contributed by atoms with Crippen LogP contribution in [0.4, 0.5) is 4.79 Å². The van der Waals surface area contributed by atoms with Gasteiger partial charge >= 0.3 is 20.0 Å². The molecule has 0 aliphatic carbocycles. The van der Waals surface area contributed by atoms with E-state index in [1.807, 2.05) is 6.92 Å². The number of ether oxygens (including phenoxy) is 2. The van der Waals surface area contributed by atoms with Gasteiger partial charge in [-0.15, -0.1) is 9.05 Å². The molecular formula is C21H33N3O9PS+. The van der Waals surface area contributed by atoms with E-state index in [0.29, 0.717) is 6.42 Å². The van der Waals surface area contributed by atoms with Crippen LogP contribution >= 0.6 is 20.0 Å². The summed E-state index contributed by atoms with van der Waals surface area (Å²) in [5.74, 6) is 0.232. The predicted molar refractivity (Wildman–Crippen MR) is 129 cm³/mol. The topological polar surface area (TPSA) is 155 Å². The van der Waals surface area contributed by atoms with Crippen LogP contribution in [0.5, 0.6) is 0 Å². The number of aromatic amines is 1. The van der Waals surface area contributed by atoms with Crippen LogP contribution in [0.15, 0.2) is 21.9 Å². The minimum Gasteiger partial charge on any atom is -0.447 e. The van der Waals surface area contributed by atoms with E-state index in [1.54, 1.807) is 27.7 Å². The number of amides is 1. The second-order valence-corrected chi connectivity index (χ2v) is 11.1. The number of thioether (sulfide) groups is 1. The van der Waals surface area contributed by atoms with Gasteiger partial charge in [-0.3, -0.25) is 19.1 Å². The Morgan fingerprint density at radius 1 is 1.34 bits per heavy atom. The molecule has 14 heteroatoms. The predicted octanol–water partition coefficient (Wildman–Crippen LogP) is 2.57. The fraction of sp³-hybridized carbons (Fsp3) is 0.714. The largest absolute Gasteiger partial charge is 0.697 e. The molecule has 12 nitrogen and oxygen atoms in total. The molecule has 0 aromatic carbocycles. The van der Waals surface area contributed by atoms with Crippen LogP contribution in [0, 0.1) is 11.3 Å². The quantitative estimate of drug-likeness (QED) is 0.302. The molecule has 4 atom stereocenters. The first-order valence-electron chi connectivity index (χ1n) is 11.2. The van der Waals surface area contributed by atoms with E-state index in [2.05, 4.69) is 10.3 Å². The molecular weight excluding hydrogens is 501 g/mol. The highest BCUT2D eigenvalue weighted by atomic mass is 32.2. The van der Waals surface area contributed by atoms with Gasteiger partial charge in [0.25, 0.3) is 5.56 Å². The fourth-order valence-corrected chi connectivity index (χ4v) is 4.78. The van der Waals surface area contributed by atoms with E-state index in [1.165, 1.54) is 16.8 Å². The summed E-state index contributed by atoms with van der Waals surface area (Å²) in [5.41, 5.74) is -1.87. The number of hydrogen-bond acceptors (Lipinski definition) is 10. The zero-order chi connectivity index (χ0) is 26.2. The zero-order valence-corrected chi connectivity index (χ0v) is 22.2. The van der Waals surface area contributed by atoms with Crippen molar-refractivity contribution < 1.29 is 32.7 Å². The van der Waals surface area contributed by atoms with E-state index in [-0.39, 0.29) is 42.6 Å². The van der Waals surface area contributed by atoms with Gasteiger partial charge in [0, 0.05) is 35.0 Å². The summed E-state index contributed by atoms with van der Waals surface area (Å²) in [5, 5.41) is 2.42. The Balaban J connectivity index is 1.67. The van der Waals surface area contributed by atoms with E-state index in [4.69, 9.17) is 18.5 Å². The van der Waals surface area contributed by atoms with Crippen molar-refractivity contribution in [3.05, 3.63) is 33.1 Å². The molecule has 2 heterocycles. The SMILES string of the molecule is CC(C)OC(=O)NCC(C)(C)C(=O)SCCO[P+](=O)OCC1CC(C)C(n2ccc(=O)[nH]c2=O)O1. The van der Waals surface area contributed by atoms with Crippen molar-refractivity contribution in [2.45, 2.75) is 59.5 Å². The Morgan fingerprint density at radius 3 is 2.71 bits per heavy atom. The van der Waals surface area contributed by atoms with Gasteiger partial charge in [0.15, 0.2) is 5.12 Å².